The average molecular weight is 476 g/mol. The molecule has 7 nitrogen and oxygen atoms in total. The van der Waals surface area contributed by atoms with Gasteiger partial charge in [0.25, 0.3) is 0 Å². The van der Waals surface area contributed by atoms with E-state index < -0.39 is 26.5 Å². The Morgan fingerprint density at radius 2 is 1.84 bits per heavy atom. The number of amides is 2. The van der Waals surface area contributed by atoms with Gasteiger partial charge in [0.15, 0.2) is 15.1 Å². The molecule has 2 atom stereocenters. The fourth-order valence-corrected chi connectivity index (χ4v) is 5.68. The third-order valence-corrected chi connectivity index (χ3v) is 8.67. The van der Waals surface area contributed by atoms with Crippen molar-refractivity contribution in [2.45, 2.75) is 49.3 Å². The quantitative estimate of drug-likeness (QED) is 0.569. The highest BCUT2D eigenvalue weighted by molar-refractivity contribution is 8.00. The van der Waals surface area contributed by atoms with Gasteiger partial charge in [-0.05, 0) is 54.7 Å². The third kappa shape index (κ3) is 5.51. The van der Waals surface area contributed by atoms with Crippen molar-refractivity contribution in [3.8, 4) is 0 Å². The molecule has 0 aliphatic carbocycles. The number of sulfone groups is 1. The van der Waals surface area contributed by atoms with Crippen LogP contribution < -0.4 is 16.0 Å². The molecule has 1 fully saturated rings. The summed E-state index contributed by atoms with van der Waals surface area (Å²) in [6.45, 7) is 7.96. The second-order valence-electron chi connectivity index (χ2n) is 8.16. The number of nitrogens with one attached hydrogen (secondary N) is 3. The summed E-state index contributed by atoms with van der Waals surface area (Å²) in [7, 11) is -3.82. The fourth-order valence-electron chi connectivity index (χ4n) is 3.37. The van der Waals surface area contributed by atoms with E-state index in [9.17, 15) is 18.0 Å². The lowest BCUT2D eigenvalue weighted by Gasteiger charge is -2.29. The molecule has 2 aromatic carbocycles. The number of hydrogen-bond acceptors (Lipinski definition) is 6. The van der Waals surface area contributed by atoms with Gasteiger partial charge in [-0.3, -0.25) is 14.9 Å². The molecule has 2 aromatic rings. The van der Waals surface area contributed by atoms with Gasteiger partial charge in [0.2, 0.25) is 11.8 Å². The number of aryl methyl sites for hydroxylation is 1. The van der Waals surface area contributed by atoms with Gasteiger partial charge in [0.05, 0.1) is 10.6 Å². The summed E-state index contributed by atoms with van der Waals surface area (Å²) in [5.41, 5.74) is 3.34. The lowest BCUT2D eigenvalue weighted by molar-refractivity contribution is -0.122. The molecular formula is C23H29N3O4S2. The lowest BCUT2D eigenvalue weighted by Crippen LogP contribution is -2.59. The van der Waals surface area contributed by atoms with Gasteiger partial charge in [-0.2, -0.15) is 0 Å². The van der Waals surface area contributed by atoms with Crippen molar-refractivity contribution >= 4 is 39.1 Å². The van der Waals surface area contributed by atoms with E-state index in [1.165, 1.54) is 11.8 Å². The molecular weight excluding hydrogens is 446 g/mol. The van der Waals surface area contributed by atoms with Crippen LogP contribution in [0.15, 0.2) is 47.4 Å². The highest BCUT2D eigenvalue weighted by Gasteiger charge is 2.38. The summed E-state index contributed by atoms with van der Waals surface area (Å²) in [6.07, 6.45) is 0. The van der Waals surface area contributed by atoms with Crippen LogP contribution in [0, 0.1) is 13.8 Å². The maximum absolute atomic E-state index is 12.9. The topological polar surface area (TPSA) is 104 Å². The zero-order valence-electron chi connectivity index (χ0n) is 18.6. The van der Waals surface area contributed by atoms with E-state index >= 15 is 0 Å². The van der Waals surface area contributed by atoms with E-state index in [0.29, 0.717) is 0 Å². The number of anilines is 1. The van der Waals surface area contributed by atoms with Crippen LogP contribution >= 0.6 is 11.8 Å². The lowest BCUT2D eigenvalue weighted by atomic mass is 10.0. The first-order valence-electron chi connectivity index (χ1n) is 10.4. The Labute approximate surface area is 193 Å². The Bertz CT molecular complexity index is 1100. The van der Waals surface area contributed by atoms with Crippen LogP contribution in [0.25, 0.3) is 0 Å². The van der Waals surface area contributed by atoms with Crippen LogP contribution in [0.1, 0.15) is 36.5 Å². The van der Waals surface area contributed by atoms with Gasteiger partial charge < -0.3 is 10.6 Å². The smallest absolute Gasteiger partial charge is 0.241 e. The van der Waals surface area contributed by atoms with Gasteiger partial charge in [-0.15, -0.1) is 11.8 Å². The van der Waals surface area contributed by atoms with Crippen molar-refractivity contribution in [1.29, 1.82) is 0 Å². The summed E-state index contributed by atoms with van der Waals surface area (Å²) in [5.74, 6) is -0.362. The molecule has 3 N–H and O–H groups in total. The highest BCUT2D eigenvalue weighted by Crippen LogP contribution is 2.23. The zero-order valence-corrected chi connectivity index (χ0v) is 20.3. The first kappa shape index (κ1) is 24.3. The van der Waals surface area contributed by atoms with Gasteiger partial charge in [0.1, 0.15) is 5.50 Å². The molecule has 1 saturated heterocycles. The Kier molecular flexibility index (Phi) is 7.63. The highest BCUT2D eigenvalue weighted by atomic mass is 32.2. The molecule has 0 aromatic heterocycles. The number of hydrogen-bond donors (Lipinski definition) is 3. The van der Waals surface area contributed by atoms with E-state index in [0.717, 1.165) is 22.4 Å². The van der Waals surface area contributed by atoms with Crippen LogP contribution in [0.5, 0.6) is 0 Å². The second-order valence-corrected chi connectivity index (χ2v) is 11.4. The van der Waals surface area contributed by atoms with Gasteiger partial charge in [-0.1, -0.05) is 38.1 Å². The van der Waals surface area contributed by atoms with Crippen LogP contribution in [0.2, 0.25) is 0 Å². The molecule has 2 amide bonds. The third-order valence-electron chi connectivity index (χ3n) is 5.56. The van der Waals surface area contributed by atoms with E-state index in [1.807, 2.05) is 45.9 Å². The molecule has 0 saturated carbocycles. The molecule has 0 radical (unpaired) electrons. The van der Waals surface area contributed by atoms with Crippen molar-refractivity contribution in [3.05, 3.63) is 59.2 Å². The standard InChI is InChI=1S/C23H29N3O4S2/c1-14(2)17-8-10-18(11-9-17)32(29,30)20-12-24-23(26-22(20)28)31-13-21(27)25-19-7-5-6-15(3)16(19)4/h5-11,14,20,23-24H,12-13H2,1-4H3,(H,25,27)(H,26,28). The van der Waals surface area contributed by atoms with Crippen molar-refractivity contribution in [2.75, 3.05) is 17.6 Å². The SMILES string of the molecule is Cc1cccc(NC(=O)CSC2NCC(S(=O)(=O)c3ccc(C(C)C)cc3)C(=O)N2)c1C. The molecule has 0 bridgehead atoms. The Morgan fingerprint density at radius 1 is 1.16 bits per heavy atom. The van der Waals surface area contributed by atoms with E-state index in [1.54, 1.807) is 24.3 Å². The van der Waals surface area contributed by atoms with Crippen molar-refractivity contribution in [1.82, 2.24) is 10.6 Å². The number of carbonyl (C=O) groups is 2. The minimum absolute atomic E-state index is 0.0175. The monoisotopic (exact) mass is 475 g/mol. The summed E-state index contributed by atoms with van der Waals surface area (Å²) < 4.78 is 25.9. The number of thioether (sulfide) groups is 1. The Balaban J connectivity index is 1.56. The maximum Gasteiger partial charge on any atom is 0.241 e. The van der Waals surface area contributed by atoms with Gasteiger partial charge in [0, 0.05) is 12.2 Å². The minimum atomic E-state index is -3.82. The molecule has 1 aliphatic rings. The molecule has 0 spiro atoms. The molecule has 3 rings (SSSR count). The fraction of sp³-hybridized carbons (Fsp3) is 0.391. The van der Waals surface area contributed by atoms with E-state index in [-0.39, 0.29) is 29.0 Å². The van der Waals surface area contributed by atoms with Crippen LogP contribution in [-0.2, 0) is 19.4 Å². The summed E-state index contributed by atoms with van der Waals surface area (Å²) in [4.78, 5) is 25.0. The van der Waals surface area contributed by atoms with Gasteiger partial charge in [-0.25, -0.2) is 8.42 Å². The molecule has 1 heterocycles. The van der Waals surface area contributed by atoms with Crippen LogP contribution in [-0.4, -0.2) is 43.3 Å². The van der Waals surface area contributed by atoms with Crippen molar-refractivity contribution in [2.24, 2.45) is 0 Å². The number of rotatable bonds is 7. The normalized spacial score (nSPS) is 19.0. The molecule has 32 heavy (non-hydrogen) atoms. The summed E-state index contributed by atoms with van der Waals surface area (Å²) in [5, 5.41) is 7.34. The minimum Gasteiger partial charge on any atom is -0.331 e. The summed E-state index contributed by atoms with van der Waals surface area (Å²) in [6, 6.07) is 12.4. The van der Waals surface area contributed by atoms with E-state index in [2.05, 4.69) is 16.0 Å². The van der Waals surface area contributed by atoms with Crippen LogP contribution in [0.3, 0.4) is 0 Å². The van der Waals surface area contributed by atoms with Crippen LogP contribution in [0.4, 0.5) is 5.69 Å². The molecule has 1 aliphatic heterocycles. The first-order chi connectivity index (χ1) is 15.1. The first-order valence-corrected chi connectivity index (χ1v) is 13.0. The predicted octanol–water partition coefficient (Wildman–Crippen LogP) is 2.94. The largest absolute Gasteiger partial charge is 0.331 e. The Hall–Kier alpha value is -2.36. The average Bonchev–Trinajstić information content (AvgIpc) is 2.75. The zero-order chi connectivity index (χ0) is 23.5. The maximum atomic E-state index is 12.9. The Morgan fingerprint density at radius 3 is 2.47 bits per heavy atom. The van der Waals surface area contributed by atoms with Crippen molar-refractivity contribution in [3.63, 3.8) is 0 Å². The van der Waals surface area contributed by atoms with E-state index in [4.69, 9.17) is 0 Å². The summed E-state index contributed by atoms with van der Waals surface area (Å²) >= 11 is 1.20. The number of carbonyl (C=O) groups excluding carboxylic acids is 2. The van der Waals surface area contributed by atoms with Gasteiger partial charge >= 0.3 is 0 Å². The molecule has 2 unspecified atom stereocenters. The number of benzene rings is 2. The molecule has 172 valence electrons. The molecule has 9 heteroatoms. The predicted molar refractivity (Wildman–Crippen MR) is 128 cm³/mol. The van der Waals surface area contributed by atoms with Crippen molar-refractivity contribution < 1.29 is 18.0 Å². The second kappa shape index (κ2) is 10.1.